The van der Waals surface area contributed by atoms with Crippen molar-refractivity contribution in [1.29, 1.82) is 0 Å². The number of pyridine rings is 1. The van der Waals surface area contributed by atoms with E-state index in [1.807, 2.05) is 0 Å². The molecule has 1 N–H and O–H groups in total. The topological polar surface area (TPSA) is 90.6 Å². The smallest absolute Gasteiger partial charge is 0.266 e. The molecule has 1 aromatic rings. The van der Waals surface area contributed by atoms with Crippen molar-refractivity contribution in [3.8, 4) is 0 Å². The van der Waals surface area contributed by atoms with E-state index in [1.54, 1.807) is 7.05 Å². The third-order valence-electron chi connectivity index (χ3n) is 3.11. The van der Waals surface area contributed by atoms with Crippen molar-refractivity contribution in [3.63, 3.8) is 0 Å². The normalized spacial score (nSPS) is 18.1. The Labute approximate surface area is 121 Å². The summed E-state index contributed by atoms with van der Waals surface area (Å²) in [6, 6.07) is 1.09. The van der Waals surface area contributed by atoms with E-state index in [9.17, 15) is 18.0 Å². The van der Waals surface area contributed by atoms with Gasteiger partial charge in [-0.1, -0.05) is 11.6 Å². The molecule has 110 valence electrons. The molecule has 7 nitrogen and oxygen atoms in total. The highest BCUT2D eigenvalue weighted by Gasteiger charge is 2.30. The van der Waals surface area contributed by atoms with E-state index < -0.39 is 15.6 Å². The largest absolute Gasteiger partial charge is 0.345 e. The lowest BCUT2D eigenvalue weighted by Gasteiger charge is -2.19. The third-order valence-corrected chi connectivity index (χ3v) is 5.21. The molecule has 0 bridgehead atoms. The first-order chi connectivity index (χ1) is 9.32. The van der Waals surface area contributed by atoms with Gasteiger partial charge in [-0.15, -0.1) is 0 Å². The van der Waals surface area contributed by atoms with Crippen molar-refractivity contribution in [2.75, 3.05) is 26.7 Å². The lowest BCUT2D eigenvalue weighted by molar-refractivity contribution is -0.129. The van der Waals surface area contributed by atoms with Crippen LogP contribution in [0.1, 0.15) is 6.42 Å². The minimum atomic E-state index is -3.85. The van der Waals surface area contributed by atoms with Crippen LogP contribution in [0.3, 0.4) is 0 Å². The molecule has 1 aliphatic rings. The molecule has 0 aliphatic carbocycles. The van der Waals surface area contributed by atoms with Gasteiger partial charge in [0.1, 0.15) is 5.02 Å². The average molecular weight is 320 g/mol. The van der Waals surface area contributed by atoms with E-state index in [2.05, 4.69) is 4.98 Å². The predicted octanol–water partition coefficient (Wildman–Crippen LogP) is -0.119. The van der Waals surface area contributed by atoms with Gasteiger partial charge in [0, 0.05) is 26.3 Å². The van der Waals surface area contributed by atoms with Crippen LogP contribution in [0.4, 0.5) is 0 Å². The van der Waals surface area contributed by atoms with Gasteiger partial charge in [0.15, 0.2) is 0 Å². The predicted molar refractivity (Wildman–Crippen MR) is 73.1 cm³/mol. The van der Waals surface area contributed by atoms with Gasteiger partial charge in [-0.25, -0.2) is 8.42 Å². The number of nitrogens with zero attached hydrogens (tertiary/aromatic N) is 2. The fourth-order valence-electron chi connectivity index (χ4n) is 1.90. The third kappa shape index (κ3) is 2.87. The van der Waals surface area contributed by atoms with Gasteiger partial charge in [-0.3, -0.25) is 9.59 Å². The van der Waals surface area contributed by atoms with E-state index in [1.165, 1.54) is 4.90 Å². The molecule has 0 spiro atoms. The van der Waals surface area contributed by atoms with E-state index in [4.69, 9.17) is 11.6 Å². The van der Waals surface area contributed by atoms with Gasteiger partial charge in [-0.2, -0.15) is 4.31 Å². The van der Waals surface area contributed by atoms with Gasteiger partial charge in [0.25, 0.3) is 5.56 Å². The van der Waals surface area contributed by atoms with Gasteiger partial charge < -0.3 is 9.88 Å². The molecule has 0 radical (unpaired) electrons. The second-order valence-corrected chi connectivity index (χ2v) is 6.87. The number of aromatic amines is 1. The SMILES string of the molecule is CN1CCCN(S(=O)(=O)c2c[nH]c(=O)c(Cl)c2)CC1=O. The molecule has 2 heterocycles. The molecule has 0 atom stereocenters. The van der Waals surface area contributed by atoms with Gasteiger partial charge in [-0.05, 0) is 12.5 Å². The summed E-state index contributed by atoms with van der Waals surface area (Å²) in [7, 11) is -2.22. The Morgan fingerprint density at radius 1 is 1.30 bits per heavy atom. The highest BCUT2D eigenvalue weighted by molar-refractivity contribution is 7.89. The summed E-state index contributed by atoms with van der Waals surface area (Å²) in [5.41, 5.74) is -0.558. The van der Waals surface area contributed by atoms with Crippen LogP contribution < -0.4 is 5.56 Å². The summed E-state index contributed by atoms with van der Waals surface area (Å²) in [5.74, 6) is -0.262. The molecule has 9 heteroatoms. The van der Waals surface area contributed by atoms with E-state index in [0.717, 1.165) is 16.6 Å². The molecular formula is C11H14ClN3O4S. The molecule has 1 amide bonds. The number of rotatable bonds is 2. The minimum Gasteiger partial charge on any atom is -0.345 e. The highest BCUT2D eigenvalue weighted by Crippen LogP contribution is 2.18. The fourth-order valence-corrected chi connectivity index (χ4v) is 3.56. The zero-order valence-corrected chi connectivity index (χ0v) is 12.4. The maximum Gasteiger partial charge on any atom is 0.266 e. The molecule has 1 aromatic heterocycles. The van der Waals surface area contributed by atoms with Gasteiger partial charge in [0.2, 0.25) is 15.9 Å². The molecular weight excluding hydrogens is 306 g/mol. The number of nitrogens with one attached hydrogen (secondary N) is 1. The fraction of sp³-hybridized carbons (Fsp3) is 0.455. The quantitative estimate of drug-likeness (QED) is 0.823. The lowest BCUT2D eigenvalue weighted by atomic mass is 10.4. The number of carbonyl (C=O) groups is 1. The number of amides is 1. The van der Waals surface area contributed by atoms with Crippen LogP contribution >= 0.6 is 11.6 Å². The number of hydrogen-bond donors (Lipinski definition) is 1. The highest BCUT2D eigenvalue weighted by atomic mass is 35.5. The second kappa shape index (κ2) is 5.55. The number of halogens is 1. The zero-order valence-electron chi connectivity index (χ0n) is 10.8. The first-order valence-electron chi connectivity index (χ1n) is 5.95. The maximum atomic E-state index is 12.4. The molecule has 1 fully saturated rings. The van der Waals surface area contributed by atoms with Crippen molar-refractivity contribution < 1.29 is 13.2 Å². The van der Waals surface area contributed by atoms with Crippen molar-refractivity contribution in [1.82, 2.24) is 14.2 Å². The Morgan fingerprint density at radius 2 is 2.00 bits per heavy atom. The van der Waals surface area contributed by atoms with Gasteiger partial charge in [0.05, 0.1) is 11.4 Å². The Kier molecular flexibility index (Phi) is 4.17. The van der Waals surface area contributed by atoms with E-state index >= 15 is 0 Å². The summed E-state index contributed by atoms with van der Waals surface area (Å²) in [6.45, 7) is 0.544. The monoisotopic (exact) mass is 319 g/mol. The Morgan fingerprint density at radius 3 is 2.65 bits per heavy atom. The number of carbonyl (C=O) groups excluding carboxylic acids is 1. The summed E-state index contributed by atoms with van der Waals surface area (Å²) in [4.78, 5) is 26.6. The maximum absolute atomic E-state index is 12.4. The number of sulfonamides is 1. The Balaban J connectivity index is 2.36. The van der Waals surface area contributed by atoms with Gasteiger partial charge >= 0.3 is 0 Å². The summed E-state index contributed by atoms with van der Waals surface area (Å²) in [6.07, 6.45) is 1.64. The van der Waals surface area contributed by atoms with Crippen LogP contribution in [0.25, 0.3) is 0 Å². The molecule has 0 aromatic carbocycles. The summed E-state index contributed by atoms with van der Waals surface area (Å²) in [5, 5.41) is -0.204. The zero-order chi connectivity index (χ0) is 14.9. The number of aromatic nitrogens is 1. The number of likely N-dealkylation sites (N-methyl/N-ethyl adjacent to an activating group) is 1. The first-order valence-corrected chi connectivity index (χ1v) is 7.76. The standard InChI is InChI=1S/C11H14ClN3O4S/c1-14-3-2-4-15(7-10(14)16)20(18,19)8-5-9(12)11(17)13-6-8/h5-6H,2-4,7H2,1H3,(H,13,17). The Hall–Kier alpha value is -1.38. The number of H-pyrrole nitrogens is 1. The van der Waals surface area contributed by atoms with Crippen molar-refractivity contribution in [2.24, 2.45) is 0 Å². The Bertz CT molecular complexity index is 685. The molecule has 20 heavy (non-hydrogen) atoms. The van der Waals surface area contributed by atoms with Crippen LogP contribution in [0.2, 0.25) is 5.02 Å². The second-order valence-electron chi connectivity index (χ2n) is 4.52. The van der Waals surface area contributed by atoms with Crippen molar-refractivity contribution >= 4 is 27.5 Å². The molecule has 0 saturated carbocycles. The van der Waals surface area contributed by atoms with Crippen LogP contribution in [-0.4, -0.2) is 55.2 Å². The molecule has 0 unspecified atom stereocenters. The van der Waals surface area contributed by atoms with E-state index in [-0.39, 0.29) is 28.9 Å². The first kappa shape index (κ1) is 15.0. The van der Waals surface area contributed by atoms with Crippen LogP contribution in [0.15, 0.2) is 22.0 Å². The lowest BCUT2D eigenvalue weighted by Crippen LogP contribution is -2.38. The minimum absolute atomic E-state index is 0.126. The summed E-state index contributed by atoms with van der Waals surface area (Å²) >= 11 is 5.64. The summed E-state index contributed by atoms with van der Waals surface area (Å²) < 4.78 is 26.0. The molecule has 1 aliphatic heterocycles. The van der Waals surface area contributed by atoms with Crippen LogP contribution in [-0.2, 0) is 14.8 Å². The average Bonchev–Trinajstić information content (AvgIpc) is 2.56. The number of hydrogen-bond acceptors (Lipinski definition) is 4. The van der Waals surface area contributed by atoms with Crippen LogP contribution in [0.5, 0.6) is 0 Å². The molecule has 1 saturated heterocycles. The van der Waals surface area contributed by atoms with Crippen LogP contribution in [0, 0.1) is 0 Å². The van der Waals surface area contributed by atoms with Crippen molar-refractivity contribution in [3.05, 3.63) is 27.6 Å². The molecule has 2 rings (SSSR count). The van der Waals surface area contributed by atoms with Crippen molar-refractivity contribution in [2.45, 2.75) is 11.3 Å². The van der Waals surface area contributed by atoms with E-state index in [0.29, 0.717) is 13.0 Å².